The summed E-state index contributed by atoms with van der Waals surface area (Å²) in [6.07, 6.45) is 3.72. The van der Waals surface area contributed by atoms with E-state index in [2.05, 4.69) is 18.8 Å². The van der Waals surface area contributed by atoms with E-state index in [1.807, 2.05) is 0 Å². The van der Waals surface area contributed by atoms with E-state index >= 15 is 0 Å². The molecule has 1 aliphatic carbocycles. The summed E-state index contributed by atoms with van der Waals surface area (Å²) in [7, 11) is 0. The number of pyridine rings is 1. The number of rotatable bonds is 4. The van der Waals surface area contributed by atoms with Gasteiger partial charge in [0.05, 0.1) is 4.92 Å². The second kappa shape index (κ2) is 6.07. The van der Waals surface area contributed by atoms with E-state index in [1.165, 1.54) is 0 Å². The molecule has 7 heteroatoms. The minimum Gasteiger partial charge on any atom is -0.477 e. The standard InChI is InChI=1S/C14H18N2O5/c1-8-3-4-10(5-9(8)2)21-13-6-11(14(17)18)12(7-15-13)16(19)20/h6-10H,3-5H2,1-2H3,(H,17,18). The fourth-order valence-electron chi connectivity index (χ4n) is 2.59. The maximum absolute atomic E-state index is 11.1. The molecule has 1 N–H and O–H groups in total. The molecule has 0 aliphatic heterocycles. The number of hydrogen-bond acceptors (Lipinski definition) is 5. The summed E-state index contributed by atoms with van der Waals surface area (Å²) < 4.78 is 5.70. The Bertz CT molecular complexity index is 560. The molecular weight excluding hydrogens is 276 g/mol. The van der Waals surface area contributed by atoms with Crippen molar-refractivity contribution in [1.29, 1.82) is 0 Å². The van der Waals surface area contributed by atoms with Gasteiger partial charge in [-0.1, -0.05) is 13.8 Å². The quantitative estimate of drug-likeness (QED) is 0.676. The van der Waals surface area contributed by atoms with Gasteiger partial charge in [-0.25, -0.2) is 9.78 Å². The molecule has 114 valence electrons. The van der Waals surface area contributed by atoms with Crippen LogP contribution < -0.4 is 4.74 Å². The van der Waals surface area contributed by atoms with Crippen molar-refractivity contribution in [2.75, 3.05) is 0 Å². The number of nitrogens with zero attached hydrogens (tertiary/aromatic N) is 2. The van der Waals surface area contributed by atoms with E-state index in [1.54, 1.807) is 0 Å². The van der Waals surface area contributed by atoms with Gasteiger partial charge in [-0.05, 0) is 31.1 Å². The Labute approximate surface area is 122 Å². The summed E-state index contributed by atoms with van der Waals surface area (Å²) >= 11 is 0. The van der Waals surface area contributed by atoms with Crippen LogP contribution in [0.3, 0.4) is 0 Å². The van der Waals surface area contributed by atoms with Crippen LogP contribution in [0.5, 0.6) is 5.88 Å². The van der Waals surface area contributed by atoms with E-state index in [9.17, 15) is 14.9 Å². The first-order valence-corrected chi connectivity index (χ1v) is 6.93. The molecule has 1 heterocycles. The summed E-state index contributed by atoms with van der Waals surface area (Å²) in [5, 5.41) is 19.8. The second-order valence-corrected chi connectivity index (χ2v) is 5.61. The SMILES string of the molecule is CC1CCC(Oc2cc(C(=O)O)c([N+](=O)[O-])cn2)CC1C. The number of carboxylic acid groups (broad SMARTS) is 1. The van der Waals surface area contributed by atoms with E-state index < -0.39 is 22.1 Å². The zero-order valence-corrected chi connectivity index (χ0v) is 12.0. The van der Waals surface area contributed by atoms with Crippen molar-refractivity contribution < 1.29 is 19.6 Å². The van der Waals surface area contributed by atoms with Crippen LogP contribution in [0.1, 0.15) is 43.5 Å². The Hall–Kier alpha value is -2.18. The molecule has 0 bridgehead atoms. The molecule has 3 unspecified atom stereocenters. The minimum atomic E-state index is -1.36. The molecule has 1 aromatic rings. The maximum atomic E-state index is 11.1. The number of carbonyl (C=O) groups is 1. The Morgan fingerprint density at radius 2 is 2.14 bits per heavy atom. The Morgan fingerprint density at radius 1 is 1.43 bits per heavy atom. The smallest absolute Gasteiger partial charge is 0.342 e. The van der Waals surface area contributed by atoms with Gasteiger partial charge in [-0.3, -0.25) is 10.1 Å². The zero-order chi connectivity index (χ0) is 15.6. The van der Waals surface area contributed by atoms with E-state index in [4.69, 9.17) is 9.84 Å². The minimum absolute atomic E-state index is 0.0215. The highest BCUT2D eigenvalue weighted by molar-refractivity contribution is 5.92. The lowest BCUT2D eigenvalue weighted by Gasteiger charge is -2.31. The van der Waals surface area contributed by atoms with Crippen molar-refractivity contribution >= 4 is 11.7 Å². The third-order valence-electron chi connectivity index (χ3n) is 4.12. The highest BCUT2D eigenvalue weighted by Gasteiger charge is 2.27. The lowest BCUT2D eigenvalue weighted by Crippen LogP contribution is -2.29. The van der Waals surface area contributed by atoms with Crippen LogP contribution in [0.4, 0.5) is 5.69 Å². The number of aromatic carboxylic acids is 1. The normalized spacial score (nSPS) is 25.3. The molecule has 0 spiro atoms. The molecule has 21 heavy (non-hydrogen) atoms. The van der Waals surface area contributed by atoms with Crippen molar-refractivity contribution in [3.05, 3.63) is 27.9 Å². The van der Waals surface area contributed by atoms with E-state index in [0.29, 0.717) is 11.8 Å². The molecule has 0 aromatic carbocycles. The number of carboxylic acids is 1. The van der Waals surface area contributed by atoms with Gasteiger partial charge in [0.15, 0.2) is 0 Å². The highest BCUT2D eigenvalue weighted by atomic mass is 16.6. The van der Waals surface area contributed by atoms with Crippen LogP contribution in [0.25, 0.3) is 0 Å². The molecule has 1 fully saturated rings. The van der Waals surface area contributed by atoms with Gasteiger partial charge in [0, 0.05) is 6.07 Å². The molecule has 3 atom stereocenters. The summed E-state index contributed by atoms with van der Waals surface area (Å²) in [5.41, 5.74) is -0.928. The van der Waals surface area contributed by atoms with Crippen molar-refractivity contribution in [3.63, 3.8) is 0 Å². The second-order valence-electron chi connectivity index (χ2n) is 5.61. The predicted octanol–water partition coefficient (Wildman–Crippen LogP) is 2.89. The lowest BCUT2D eigenvalue weighted by atomic mass is 9.80. The molecule has 7 nitrogen and oxygen atoms in total. The van der Waals surface area contributed by atoms with Crippen molar-refractivity contribution in [1.82, 2.24) is 4.98 Å². The van der Waals surface area contributed by atoms with Crippen LogP contribution >= 0.6 is 0 Å². The third kappa shape index (κ3) is 3.48. The molecule has 0 saturated heterocycles. The lowest BCUT2D eigenvalue weighted by molar-refractivity contribution is -0.385. The van der Waals surface area contributed by atoms with Crippen LogP contribution in [0, 0.1) is 22.0 Å². The van der Waals surface area contributed by atoms with Gasteiger partial charge in [0.2, 0.25) is 5.88 Å². The van der Waals surface area contributed by atoms with Crippen LogP contribution in [0.15, 0.2) is 12.3 Å². The molecule has 1 aliphatic rings. The Morgan fingerprint density at radius 3 is 2.71 bits per heavy atom. The van der Waals surface area contributed by atoms with Gasteiger partial charge < -0.3 is 9.84 Å². The summed E-state index contributed by atoms with van der Waals surface area (Å²) in [4.78, 5) is 24.9. The molecule has 0 amide bonds. The average molecular weight is 294 g/mol. The largest absolute Gasteiger partial charge is 0.477 e. The van der Waals surface area contributed by atoms with E-state index in [0.717, 1.165) is 31.5 Å². The first-order valence-electron chi connectivity index (χ1n) is 6.93. The predicted molar refractivity (Wildman–Crippen MR) is 74.4 cm³/mol. The van der Waals surface area contributed by atoms with Gasteiger partial charge in [0.25, 0.3) is 0 Å². The molecule has 0 radical (unpaired) electrons. The zero-order valence-electron chi connectivity index (χ0n) is 12.0. The van der Waals surface area contributed by atoms with Crippen molar-refractivity contribution in [2.45, 2.75) is 39.2 Å². The van der Waals surface area contributed by atoms with Crippen molar-refractivity contribution in [2.24, 2.45) is 11.8 Å². The highest BCUT2D eigenvalue weighted by Crippen LogP contribution is 2.32. The summed E-state index contributed by atoms with van der Waals surface area (Å²) in [6.45, 7) is 4.36. The van der Waals surface area contributed by atoms with E-state index in [-0.39, 0.29) is 12.0 Å². The molecular formula is C14H18N2O5. The Kier molecular flexibility index (Phi) is 4.40. The van der Waals surface area contributed by atoms with Crippen molar-refractivity contribution in [3.8, 4) is 5.88 Å². The van der Waals surface area contributed by atoms with Crippen LogP contribution in [-0.2, 0) is 0 Å². The maximum Gasteiger partial charge on any atom is 0.342 e. The topological polar surface area (TPSA) is 103 Å². The summed E-state index contributed by atoms with van der Waals surface area (Å²) in [5.74, 6) is -0.0608. The van der Waals surface area contributed by atoms with Crippen LogP contribution in [0.2, 0.25) is 0 Å². The number of hydrogen-bond donors (Lipinski definition) is 1. The molecule has 1 saturated carbocycles. The first-order chi connectivity index (χ1) is 9.88. The number of nitro groups is 1. The molecule has 2 rings (SSSR count). The van der Waals surface area contributed by atoms with Gasteiger partial charge in [0.1, 0.15) is 17.9 Å². The number of aromatic nitrogens is 1. The monoisotopic (exact) mass is 294 g/mol. The third-order valence-corrected chi connectivity index (χ3v) is 4.12. The fraction of sp³-hybridized carbons (Fsp3) is 0.571. The van der Waals surface area contributed by atoms with Gasteiger partial charge >= 0.3 is 11.7 Å². The fourth-order valence-corrected chi connectivity index (χ4v) is 2.59. The van der Waals surface area contributed by atoms with Crippen LogP contribution in [-0.4, -0.2) is 27.1 Å². The Balaban J connectivity index is 2.16. The first kappa shape index (κ1) is 15.2. The molecule has 1 aromatic heterocycles. The number of ether oxygens (including phenoxy) is 1. The average Bonchev–Trinajstić information content (AvgIpc) is 2.42. The van der Waals surface area contributed by atoms with Gasteiger partial charge in [-0.2, -0.15) is 0 Å². The van der Waals surface area contributed by atoms with Gasteiger partial charge in [-0.15, -0.1) is 0 Å². The summed E-state index contributed by atoms with van der Waals surface area (Å²) in [6, 6.07) is 1.13.